The molecule has 0 aliphatic rings. The van der Waals surface area contributed by atoms with E-state index >= 15 is 0 Å². The predicted octanol–water partition coefficient (Wildman–Crippen LogP) is 3.97. The molecule has 0 fully saturated rings. The minimum Gasteiger partial charge on any atom is -0.483 e. The van der Waals surface area contributed by atoms with Gasteiger partial charge in [0.1, 0.15) is 10.9 Å². The summed E-state index contributed by atoms with van der Waals surface area (Å²) in [5, 5.41) is 0.358. The first-order valence-electron chi connectivity index (χ1n) is 5.54. The van der Waals surface area contributed by atoms with Crippen molar-refractivity contribution in [3.8, 4) is 17.0 Å². The van der Waals surface area contributed by atoms with Crippen LogP contribution in [0.15, 0.2) is 24.3 Å². The third-order valence-corrected chi connectivity index (χ3v) is 2.75. The van der Waals surface area contributed by atoms with Crippen molar-refractivity contribution in [3.63, 3.8) is 0 Å². The Bertz CT molecular complexity index is 644. The number of halogens is 5. The van der Waals surface area contributed by atoms with E-state index in [1.807, 2.05) is 0 Å². The number of alkyl halides is 3. The fourth-order valence-electron chi connectivity index (χ4n) is 1.56. The summed E-state index contributed by atoms with van der Waals surface area (Å²) in [7, 11) is 0. The standard InChI is InChI=1S/C12H8Cl2F3N3O/c13-6-1-2-9(21-5-12(15,16)17)7(3-6)8-4-10(14)20-11(18)19-8/h1-4H,5H2,(H2,18,19,20). The molecule has 0 radical (unpaired) electrons. The van der Waals surface area contributed by atoms with Crippen LogP contribution < -0.4 is 10.5 Å². The van der Waals surface area contributed by atoms with E-state index in [4.69, 9.17) is 33.7 Å². The fraction of sp³-hybridized carbons (Fsp3) is 0.167. The van der Waals surface area contributed by atoms with Crippen LogP contribution in [-0.4, -0.2) is 22.8 Å². The number of nitrogens with two attached hydrogens (primary N) is 1. The average molecular weight is 338 g/mol. The van der Waals surface area contributed by atoms with Gasteiger partial charge in [0, 0.05) is 16.7 Å². The number of nitrogens with zero attached hydrogens (tertiary/aromatic N) is 2. The maximum absolute atomic E-state index is 12.3. The van der Waals surface area contributed by atoms with Gasteiger partial charge in [-0.25, -0.2) is 9.97 Å². The molecular formula is C12H8Cl2F3N3O. The zero-order valence-electron chi connectivity index (χ0n) is 10.3. The molecule has 0 unspecified atom stereocenters. The summed E-state index contributed by atoms with van der Waals surface area (Å²) in [6.07, 6.45) is -4.46. The third-order valence-electron chi connectivity index (χ3n) is 2.32. The highest BCUT2D eigenvalue weighted by molar-refractivity contribution is 6.31. The van der Waals surface area contributed by atoms with Crippen molar-refractivity contribution in [2.75, 3.05) is 12.3 Å². The predicted molar refractivity (Wildman–Crippen MR) is 73.5 cm³/mol. The van der Waals surface area contributed by atoms with Gasteiger partial charge in [0.2, 0.25) is 5.95 Å². The van der Waals surface area contributed by atoms with Gasteiger partial charge in [-0.15, -0.1) is 0 Å². The number of ether oxygens (including phenoxy) is 1. The SMILES string of the molecule is Nc1nc(Cl)cc(-c2cc(Cl)ccc2OCC(F)(F)F)n1. The lowest BCUT2D eigenvalue weighted by Gasteiger charge is -2.13. The van der Waals surface area contributed by atoms with Crippen LogP contribution in [0.25, 0.3) is 11.3 Å². The number of rotatable bonds is 3. The van der Waals surface area contributed by atoms with Gasteiger partial charge in [-0.3, -0.25) is 0 Å². The topological polar surface area (TPSA) is 61.0 Å². The van der Waals surface area contributed by atoms with Crippen LogP contribution in [0, 0.1) is 0 Å². The molecule has 21 heavy (non-hydrogen) atoms. The van der Waals surface area contributed by atoms with Crippen LogP contribution in [0.4, 0.5) is 19.1 Å². The van der Waals surface area contributed by atoms with Crippen LogP contribution in [0.1, 0.15) is 0 Å². The van der Waals surface area contributed by atoms with E-state index in [1.165, 1.54) is 24.3 Å². The molecule has 0 aliphatic carbocycles. The Hall–Kier alpha value is -1.73. The highest BCUT2D eigenvalue weighted by Crippen LogP contribution is 2.33. The number of hydrogen-bond acceptors (Lipinski definition) is 4. The molecule has 0 saturated carbocycles. The molecule has 0 saturated heterocycles. The highest BCUT2D eigenvalue weighted by Gasteiger charge is 2.29. The molecule has 0 bridgehead atoms. The zero-order valence-corrected chi connectivity index (χ0v) is 11.8. The van der Waals surface area contributed by atoms with Crippen LogP contribution >= 0.6 is 23.2 Å². The molecule has 112 valence electrons. The van der Waals surface area contributed by atoms with Crippen molar-refractivity contribution in [1.29, 1.82) is 0 Å². The largest absolute Gasteiger partial charge is 0.483 e. The third kappa shape index (κ3) is 4.37. The van der Waals surface area contributed by atoms with E-state index in [-0.39, 0.29) is 28.1 Å². The number of nitrogen functional groups attached to an aromatic ring is 1. The van der Waals surface area contributed by atoms with Crippen molar-refractivity contribution < 1.29 is 17.9 Å². The molecule has 0 amide bonds. The van der Waals surface area contributed by atoms with E-state index < -0.39 is 12.8 Å². The smallest absolute Gasteiger partial charge is 0.422 e. The maximum Gasteiger partial charge on any atom is 0.422 e. The average Bonchev–Trinajstić information content (AvgIpc) is 2.35. The summed E-state index contributed by atoms with van der Waals surface area (Å²) >= 11 is 11.6. The Labute approximate surface area is 127 Å². The van der Waals surface area contributed by atoms with Crippen LogP contribution in [0.5, 0.6) is 5.75 Å². The molecule has 1 aromatic carbocycles. The van der Waals surface area contributed by atoms with Gasteiger partial charge in [0.15, 0.2) is 6.61 Å². The summed E-state index contributed by atoms with van der Waals surface area (Å²) < 4.78 is 41.6. The van der Waals surface area contributed by atoms with E-state index in [0.29, 0.717) is 5.02 Å². The second-order valence-electron chi connectivity index (χ2n) is 3.98. The molecule has 4 nitrogen and oxygen atoms in total. The molecule has 2 N–H and O–H groups in total. The van der Waals surface area contributed by atoms with E-state index in [1.54, 1.807) is 0 Å². The first kappa shape index (κ1) is 15.7. The van der Waals surface area contributed by atoms with Crippen molar-refractivity contribution in [3.05, 3.63) is 34.4 Å². The van der Waals surface area contributed by atoms with Gasteiger partial charge >= 0.3 is 6.18 Å². The Morgan fingerprint density at radius 2 is 1.86 bits per heavy atom. The van der Waals surface area contributed by atoms with E-state index in [9.17, 15) is 13.2 Å². The van der Waals surface area contributed by atoms with Gasteiger partial charge < -0.3 is 10.5 Å². The van der Waals surface area contributed by atoms with Gasteiger partial charge in [0.25, 0.3) is 0 Å². The Balaban J connectivity index is 2.43. The zero-order chi connectivity index (χ0) is 15.6. The van der Waals surface area contributed by atoms with Gasteiger partial charge in [0.05, 0.1) is 5.69 Å². The second-order valence-corrected chi connectivity index (χ2v) is 4.80. The number of aromatic nitrogens is 2. The van der Waals surface area contributed by atoms with Crippen LogP contribution in [0.3, 0.4) is 0 Å². The van der Waals surface area contributed by atoms with Crippen LogP contribution in [-0.2, 0) is 0 Å². The van der Waals surface area contributed by atoms with E-state index in [2.05, 4.69) is 9.97 Å². The number of anilines is 1. The minimum atomic E-state index is -4.46. The van der Waals surface area contributed by atoms with Gasteiger partial charge in [-0.1, -0.05) is 23.2 Å². The maximum atomic E-state index is 12.3. The molecule has 0 aliphatic heterocycles. The van der Waals surface area contributed by atoms with E-state index in [0.717, 1.165) is 0 Å². The summed E-state index contributed by atoms with van der Waals surface area (Å²) in [5.41, 5.74) is 5.92. The lowest BCUT2D eigenvalue weighted by Crippen LogP contribution is -2.19. The number of hydrogen-bond donors (Lipinski definition) is 1. The normalized spacial score (nSPS) is 11.5. The molecule has 9 heteroatoms. The molecular weight excluding hydrogens is 330 g/mol. The molecule has 1 heterocycles. The Morgan fingerprint density at radius 3 is 2.48 bits per heavy atom. The Kier molecular flexibility index (Phi) is 4.43. The minimum absolute atomic E-state index is 0.0362. The summed E-state index contributed by atoms with van der Waals surface area (Å²) in [6, 6.07) is 5.48. The van der Waals surface area contributed by atoms with Crippen molar-refractivity contribution >= 4 is 29.2 Å². The summed E-state index contributed by atoms with van der Waals surface area (Å²) in [5.74, 6) is -0.148. The molecule has 0 spiro atoms. The van der Waals surface area contributed by atoms with Gasteiger partial charge in [-0.05, 0) is 18.2 Å². The lowest BCUT2D eigenvalue weighted by atomic mass is 10.1. The van der Waals surface area contributed by atoms with Crippen molar-refractivity contribution in [2.45, 2.75) is 6.18 Å². The number of benzene rings is 1. The fourth-order valence-corrected chi connectivity index (χ4v) is 1.92. The second kappa shape index (κ2) is 5.95. The Morgan fingerprint density at radius 1 is 1.14 bits per heavy atom. The lowest BCUT2D eigenvalue weighted by molar-refractivity contribution is -0.153. The first-order chi connectivity index (χ1) is 9.74. The first-order valence-corrected chi connectivity index (χ1v) is 6.30. The monoisotopic (exact) mass is 337 g/mol. The van der Waals surface area contributed by atoms with Crippen molar-refractivity contribution in [1.82, 2.24) is 9.97 Å². The molecule has 2 aromatic rings. The summed E-state index contributed by atoms with van der Waals surface area (Å²) in [4.78, 5) is 7.59. The molecule has 0 atom stereocenters. The van der Waals surface area contributed by atoms with Crippen LogP contribution in [0.2, 0.25) is 10.2 Å². The van der Waals surface area contributed by atoms with Gasteiger partial charge in [-0.2, -0.15) is 13.2 Å². The molecule has 2 rings (SSSR count). The molecule has 1 aromatic heterocycles. The summed E-state index contributed by atoms with van der Waals surface area (Å²) in [6.45, 7) is -1.43. The van der Waals surface area contributed by atoms with Crippen molar-refractivity contribution in [2.24, 2.45) is 0 Å². The quantitative estimate of drug-likeness (QED) is 0.860. The highest BCUT2D eigenvalue weighted by atomic mass is 35.5.